The number of aryl methyl sites for hydroxylation is 1. The van der Waals surface area contributed by atoms with Crippen molar-refractivity contribution < 1.29 is 34.1 Å². The van der Waals surface area contributed by atoms with Gasteiger partial charge >= 0.3 is 5.97 Å². The van der Waals surface area contributed by atoms with E-state index in [4.69, 9.17) is 14.9 Å². The SMILES string of the molecule is C=CCOCN(CCCc1nc(C=O)cs1)C(=O)C(NC(=O)C1CCCCN1C)C(C)CC.CCC.CCC(=O)O.CNCCc1ccc(O)cc1. The Morgan fingerprint density at radius 2 is 1.81 bits per heavy atom. The fourth-order valence-corrected chi connectivity index (χ4v) is 5.65. The first kappa shape index (κ1) is 48.3. The van der Waals surface area contributed by atoms with E-state index in [1.165, 1.54) is 23.3 Å². The number of aromatic nitrogens is 1. The number of ether oxygens (including phenoxy) is 1. The number of phenols is 1. The molecule has 0 radical (unpaired) electrons. The largest absolute Gasteiger partial charge is 0.508 e. The van der Waals surface area contributed by atoms with Crippen LogP contribution in [0.3, 0.4) is 0 Å². The minimum absolute atomic E-state index is 0.00800. The molecule has 0 saturated carbocycles. The molecular formula is C39H65N5O7S. The van der Waals surface area contributed by atoms with E-state index in [2.05, 4.69) is 40.9 Å². The maximum Gasteiger partial charge on any atom is 0.303 e. The normalized spacial score (nSPS) is 14.8. The lowest BCUT2D eigenvalue weighted by Gasteiger charge is -2.35. The summed E-state index contributed by atoms with van der Waals surface area (Å²) in [6, 6.07) is 6.50. The summed E-state index contributed by atoms with van der Waals surface area (Å²) in [6.45, 7) is 16.3. The van der Waals surface area contributed by atoms with Gasteiger partial charge < -0.3 is 30.5 Å². The molecule has 0 spiro atoms. The van der Waals surface area contributed by atoms with Crippen LogP contribution in [0.2, 0.25) is 0 Å². The molecule has 1 aromatic heterocycles. The summed E-state index contributed by atoms with van der Waals surface area (Å²) in [4.78, 5) is 54.8. The fraction of sp³-hybridized carbons (Fsp3) is 0.615. The average molecular weight is 748 g/mol. The number of hydrogen-bond acceptors (Lipinski definition) is 10. The first-order valence-electron chi connectivity index (χ1n) is 18.4. The number of carbonyl (C=O) groups is 4. The highest BCUT2D eigenvalue weighted by Crippen LogP contribution is 2.18. The number of phenolic OH excluding ortho intramolecular Hbond substituents is 1. The molecule has 3 unspecified atom stereocenters. The number of nitrogens with one attached hydrogen (secondary N) is 2. The van der Waals surface area contributed by atoms with Crippen molar-refractivity contribution in [3.05, 3.63) is 58.6 Å². The number of aromatic hydroxyl groups is 1. The lowest BCUT2D eigenvalue weighted by molar-refractivity contribution is -0.143. The Bertz CT molecular complexity index is 1270. The van der Waals surface area contributed by atoms with Crippen molar-refractivity contribution in [2.45, 2.75) is 104 Å². The van der Waals surface area contributed by atoms with E-state index in [0.717, 1.165) is 56.5 Å². The average Bonchev–Trinajstić information content (AvgIpc) is 3.61. The number of rotatable bonds is 18. The molecule has 4 N–H and O–H groups in total. The quantitative estimate of drug-likeness (QED) is 0.0622. The molecule has 12 nitrogen and oxygen atoms in total. The zero-order valence-electron chi connectivity index (χ0n) is 32.6. The van der Waals surface area contributed by atoms with E-state index in [-0.39, 0.29) is 36.9 Å². The molecular weight excluding hydrogens is 683 g/mol. The van der Waals surface area contributed by atoms with Crippen molar-refractivity contribution in [2.24, 2.45) is 5.92 Å². The van der Waals surface area contributed by atoms with Gasteiger partial charge in [-0.3, -0.25) is 24.1 Å². The van der Waals surface area contributed by atoms with Crippen LogP contribution in [-0.4, -0.2) is 108 Å². The molecule has 1 saturated heterocycles. The van der Waals surface area contributed by atoms with Crippen molar-refractivity contribution in [3.63, 3.8) is 0 Å². The van der Waals surface area contributed by atoms with Gasteiger partial charge in [0, 0.05) is 24.8 Å². The van der Waals surface area contributed by atoms with Gasteiger partial charge in [0.25, 0.3) is 0 Å². The summed E-state index contributed by atoms with van der Waals surface area (Å²) in [5, 5.41) is 25.4. The molecule has 2 amide bonds. The van der Waals surface area contributed by atoms with Gasteiger partial charge in [0.1, 0.15) is 24.2 Å². The zero-order chi connectivity index (χ0) is 39.3. The number of piperidine rings is 1. The molecule has 2 aromatic rings. The molecule has 3 rings (SSSR count). The molecule has 0 aliphatic carbocycles. The van der Waals surface area contributed by atoms with Gasteiger partial charge in [-0.2, -0.15) is 0 Å². The number of carboxylic acid groups (broad SMARTS) is 1. The highest BCUT2D eigenvalue weighted by atomic mass is 32.1. The molecule has 1 aliphatic heterocycles. The second kappa shape index (κ2) is 29.9. The molecule has 52 heavy (non-hydrogen) atoms. The first-order valence-corrected chi connectivity index (χ1v) is 19.3. The minimum atomic E-state index is -0.745. The van der Waals surface area contributed by atoms with Gasteiger partial charge in [-0.1, -0.05) is 72.1 Å². The number of carboxylic acids is 1. The third-order valence-corrected chi connectivity index (χ3v) is 8.98. The van der Waals surface area contributed by atoms with Gasteiger partial charge in [-0.05, 0) is 76.5 Å². The van der Waals surface area contributed by atoms with Gasteiger partial charge in [0.15, 0.2) is 6.29 Å². The number of likely N-dealkylation sites (tertiary alicyclic amines) is 1. The van der Waals surface area contributed by atoms with Crippen LogP contribution < -0.4 is 10.6 Å². The Morgan fingerprint density at radius 1 is 1.15 bits per heavy atom. The van der Waals surface area contributed by atoms with Gasteiger partial charge in [0.05, 0.1) is 17.7 Å². The van der Waals surface area contributed by atoms with Crippen molar-refractivity contribution in [1.82, 2.24) is 25.4 Å². The van der Waals surface area contributed by atoms with E-state index in [1.54, 1.807) is 35.4 Å². The number of hydrogen-bond donors (Lipinski definition) is 4. The number of likely N-dealkylation sites (N-methyl/N-ethyl adjacent to an activating group) is 2. The van der Waals surface area contributed by atoms with Crippen molar-refractivity contribution in [1.29, 1.82) is 0 Å². The van der Waals surface area contributed by atoms with Crippen LogP contribution in [0.4, 0.5) is 0 Å². The molecule has 13 heteroatoms. The summed E-state index contributed by atoms with van der Waals surface area (Å²) >= 11 is 1.44. The predicted octanol–water partition coefficient (Wildman–Crippen LogP) is 5.94. The Hall–Kier alpha value is -3.65. The van der Waals surface area contributed by atoms with Gasteiger partial charge in [0.2, 0.25) is 11.8 Å². The number of amides is 2. The van der Waals surface area contributed by atoms with Crippen LogP contribution in [0, 0.1) is 5.92 Å². The highest BCUT2D eigenvalue weighted by Gasteiger charge is 2.34. The number of carbonyl (C=O) groups excluding carboxylic acids is 3. The number of benzene rings is 1. The second-order valence-corrected chi connectivity index (χ2v) is 13.6. The Morgan fingerprint density at radius 3 is 2.33 bits per heavy atom. The van der Waals surface area contributed by atoms with Crippen molar-refractivity contribution in [2.75, 3.05) is 47.1 Å². The van der Waals surface area contributed by atoms with Gasteiger partial charge in [-0.25, -0.2) is 4.98 Å². The van der Waals surface area contributed by atoms with E-state index < -0.39 is 12.0 Å². The van der Waals surface area contributed by atoms with E-state index in [9.17, 15) is 19.2 Å². The van der Waals surface area contributed by atoms with Crippen LogP contribution in [0.15, 0.2) is 42.3 Å². The van der Waals surface area contributed by atoms with Gasteiger partial charge in [-0.15, -0.1) is 17.9 Å². The molecule has 1 fully saturated rings. The van der Waals surface area contributed by atoms with E-state index in [0.29, 0.717) is 37.4 Å². The van der Waals surface area contributed by atoms with Crippen LogP contribution in [0.25, 0.3) is 0 Å². The molecule has 294 valence electrons. The summed E-state index contributed by atoms with van der Waals surface area (Å²) in [7, 11) is 3.90. The predicted molar refractivity (Wildman–Crippen MR) is 210 cm³/mol. The van der Waals surface area contributed by atoms with Crippen LogP contribution in [0.1, 0.15) is 101 Å². The molecule has 1 aliphatic rings. The molecule has 0 bridgehead atoms. The van der Waals surface area contributed by atoms with Crippen molar-refractivity contribution in [3.8, 4) is 5.75 Å². The second-order valence-electron chi connectivity index (χ2n) is 12.6. The Balaban J connectivity index is 0.00000111. The number of aliphatic carboxylic acids is 1. The standard InChI is InChI=1S/C24H38N4O4S.C9H13NO.C3H6O2.C3H8/c1-5-14-32-17-28(13-9-11-21-25-19(15-29)16-33-21)24(31)22(18(3)6-2)26-23(30)20-10-7-8-12-27(20)4;1-10-7-6-8-2-4-9(11)5-3-8;1-2-3(4)5;1-3-2/h5,15-16,18,20,22H,1,6-14,17H2,2-4H3,(H,26,30);2-5,10-11H,6-7H2,1H3;2H2,1H3,(H,4,5);3H2,1-2H3. The summed E-state index contributed by atoms with van der Waals surface area (Å²) in [5.41, 5.74) is 1.68. The number of thiazole rings is 1. The van der Waals surface area contributed by atoms with Crippen LogP contribution >= 0.6 is 11.3 Å². The van der Waals surface area contributed by atoms with Crippen molar-refractivity contribution >= 4 is 35.4 Å². The monoisotopic (exact) mass is 747 g/mol. The topological polar surface area (TPSA) is 161 Å². The zero-order valence-corrected chi connectivity index (χ0v) is 33.4. The van der Waals surface area contributed by atoms with E-state index >= 15 is 0 Å². The fourth-order valence-electron chi connectivity index (χ4n) is 4.87. The number of aldehydes is 1. The Labute approximate surface area is 316 Å². The van der Waals surface area contributed by atoms with E-state index in [1.807, 2.05) is 40.1 Å². The maximum atomic E-state index is 13.6. The third-order valence-electron chi connectivity index (χ3n) is 8.06. The molecule has 1 aromatic carbocycles. The minimum Gasteiger partial charge on any atom is -0.508 e. The van der Waals surface area contributed by atoms with Crippen LogP contribution in [-0.2, 0) is 32.0 Å². The molecule has 3 atom stereocenters. The first-order chi connectivity index (χ1) is 24.9. The smallest absolute Gasteiger partial charge is 0.303 e. The highest BCUT2D eigenvalue weighted by molar-refractivity contribution is 7.09. The molecule has 2 heterocycles. The Kier molecular flexibility index (Phi) is 27.8. The lowest BCUT2D eigenvalue weighted by atomic mass is 9.96. The summed E-state index contributed by atoms with van der Waals surface area (Å²) < 4.78 is 5.60. The third kappa shape index (κ3) is 21.0. The lowest BCUT2D eigenvalue weighted by Crippen LogP contribution is -2.57. The summed E-state index contributed by atoms with van der Waals surface area (Å²) in [5.74, 6) is -0.630. The van der Waals surface area contributed by atoms with Crippen LogP contribution in [0.5, 0.6) is 5.75 Å². The number of nitrogens with zero attached hydrogens (tertiary/aromatic N) is 3. The maximum absolute atomic E-state index is 13.6. The summed E-state index contributed by atoms with van der Waals surface area (Å²) in [6.07, 6.45) is 9.91.